The van der Waals surface area contributed by atoms with Crippen LogP contribution in [0.1, 0.15) is 27.7 Å². The lowest BCUT2D eigenvalue weighted by Crippen LogP contribution is -2.35. The van der Waals surface area contributed by atoms with E-state index in [1.54, 1.807) is 0 Å². The van der Waals surface area contributed by atoms with Crippen LogP contribution in [0.15, 0.2) is 36.4 Å². The predicted octanol–water partition coefficient (Wildman–Crippen LogP) is 3.42. The van der Waals surface area contributed by atoms with Gasteiger partial charge in [-0.15, -0.1) is 0 Å². The molecule has 1 atom stereocenters. The zero-order valence-corrected chi connectivity index (χ0v) is 15.2. The van der Waals surface area contributed by atoms with E-state index in [-0.39, 0.29) is 6.61 Å². The molecule has 24 heavy (non-hydrogen) atoms. The molecule has 0 aliphatic rings. The average Bonchev–Trinajstić information content (AvgIpc) is 2.60. The van der Waals surface area contributed by atoms with Crippen molar-refractivity contribution in [3.05, 3.63) is 36.4 Å². The molecule has 2 aromatic rings. The van der Waals surface area contributed by atoms with Crippen LogP contribution in [0.2, 0.25) is 0 Å². The van der Waals surface area contributed by atoms with Crippen molar-refractivity contribution in [2.24, 2.45) is 0 Å². The fraction of sp³-hybridized carbons (Fsp3) is 0.500. The molecular formula is C20H30N2O2. The van der Waals surface area contributed by atoms with Gasteiger partial charge in [0.05, 0.1) is 0 Å². The molecular weight excluding hydrogens is 300 g/mol. The highest BCUT2D eigenvalue weighted by atomic mass is 16.5. The summed E-state index contributed by atoms with van der Waals surface area (Å²) < 4.78 is 5.91. The molecule has 0 aliphatic carbocycles. The summed E-state index contributed by atoms with van der Waals surface area (Å²) >= 11 is 0. The summed E-state index contributed by atoms with van der Waals surface area (Å²) in [6, 6.07) is 12.8. The molecule has 0 amide bonds. The van der Waals surface area contributed by atoms with Gasteiger partial charge in [0, 0.05) is 42.1 Å². The van der Waals surface area contributed by atoms with Gasteiger partial charge < -0.3 is 20.1 Å². The lowest BCUT2D eigenvalue weighted by Gasteiger charge is -2.24. The van der Waals surface area contributed by atoms with Crippen molar-refractivity contribution < 1.29 is 9.84 Å². The van der Waals surface area contributed by atoms with Crippen LogP contribution < -0.4 is 15.0 Å². The zero-order chi connectivity index (χ0) is 17.5. The van der Waals surface area contributed by atoms with Gasteiger partial charge in [0.1, 0.15) is 18.5 Å². The summed E-state index contributed by atoms with van der Waals surface area (Å²) in [6.45, 7) is 11.2. The molecule has 0 bridgehead atoms. The number of nitrogens with zero attached hydrogens (tertiary/aromatic N) is 1. The minimum Gasteiger partial charge on any atom is -0.490 e. The molecule has 2 rings (SSSR count). The van der Waals surface area contributed by atoms with Gasteiger partial charge in [-0.2, -0.15) is 0 Å². The Morgan fingerprint density at radius 1 is 1.04 bits per heavy atom. The molecule has 0 fully saturated rings. The quantitative estimate of drug-likeness (QED) is 0.739. The van der Waals surface area contributed by atoms with E-state index in [2.05, 4.69) is 62.2 Å². The normalized spacial score (nSPS) is 12.6. The Bertz CT molecular complexity index is 639. The van der Waals surface area contributed by atoms with Crippen molar-refractivity contribution in [3.8, 4) is 5.75 Å². The Morgan fingerprint density at radius 3 is 2.33 bits per heavy atom. The summed E-state index contributed by atoms with van der Waals surface area (Å²) in [5, 5.41) is 15.6. The predicted molar refractivity (Wildman–Crippen MR) is 102 cm³/mol. The van der Waals surface area contributed by atoms with Crippen molar-refractivity contribution in [1.82, 2.24) is 5.32 Å². The van der Waals surface area contributed by atoms with Gasteiger partial charge in [0.15, 0.2) is 0 Å². The molecule has 4 nitrogen and oxygen atoms in total. The Balaban J connectivity index is 2.18. The van der Waals surface area contributed by atoms with Crippen LogP contribution in [0.4, 0.5) is 5.69 Å². The summed E-state index contributed by atoms with van der Waals surface area (Å²) in [7, 11) is 0. The maximum absolute atomic E-state index is 10.1. The van der Waals surface area contributed by atoms with Crippen LogP contribution in [0.3, 0.4) is 0 Å². The first kappa shape index (κ1) is 18.6. The van der Waals surface area contributed by atoms with Gasteiger partial charge in [-0.3, -0.25) is 0 Å². The van der Waals surface area contributed by atoms with Crippen molar-refractivity contribution in [2.75, 3.05) is 31.1 Å². The number of hydrogen-bond donors (Lipinski definition) is 2. The first-order valence-electron chi connectivity index (χ1n) is 8.87. The monoisotopic (exact) mass is 330 g/mol. The van der Waals surface area contributed by atoms with Crippen molar-refractivity contribution >= 4 is 16.5 Å². The van der Waals surface area contributed by atoms with Crippen LogP contribution in [0.25, 0.3) is 10.8 Å². The lowest BCUT2D eigenvalue weighted by molar-refractivity contribution is 0.105. The van der Waals surface area contributed by atoms with E-state index < -0.39 is 6.10 Å². The Morgan fingerprint density at radius 2 is 1.71 bits per heavy atom. The summed E-state index contributed by atoms with van der Waals surface area (Å²) in [5.74, 6) is 0.824. The average molecular weight is 330 g/mol. The van der Waals surface area contributed by atoms with E-state index in [9.17, 15) is 5.11 Å². The van der Waals surface area contributed by atoms with Crippen molar-refractivity contribution in [1.29, 1.82) is 0 Å². The Labute approximate surface area is 145 Å². The second-order valence-electron chi connectivity index (χ2n) is 6.33. The van der Waals surface area contributed by atoms with E-state index in [1.807, 2.05) is 12.1 Å². The first-order valence-corrected chi connectivity index (χ1v) is 8.87. The maximum atomic E-state index is 10.1. The number of rotatable bonds is 9. The fourth-order valence-corrected chi connectivity index (χ4v) is 2.84. The molecule has 132 valence electrons. The number of hydrogen-bond acceptors (Lipinski definition) is 4. The maximum Gasteiger partial charge on any atom is 0.127 e. The number of aliphatic hydroxyl groups excluding tert-OH is 1. The van der Waals surface area contributed by atoms with E-state index >= 15 is 0 Å². The van der Waals surface area contributed by atoms with Crippen LogP contribution in [-0.2, 0) is 0 Å². The van der Waals surface area contributed by atoms with Gasteiger partial charge in [-0.05, 0) is 26.0 Å². The highest BCUT2D eigenvalue weighted by Gasteiger charge is 2.12. The third kappa shape index (κ3) is 4.62. The number of benzene rings is 2. The van der Waals surface area contributed by atoms with E-state index in [1.165, 1.54) is 11.1 Å². The second-order valence-corrected chi connectivity index (χ2v) is 6.33. The van der Waals surface area contributed by atoms with Crippen molar-refractivity contribution in [3.63, 3.8) is 0 Å². The van der Waals surface area contributed by atoms with E-state index in [0.29, 0.717) is 12.6 Å². The third-order valence-electron chi connectivity index (χ3n) is 4.16. The highest BCUT2D eigenvalue weighted by molar-refractivity contribution is 5.98. The number of nitrogens with one attached hydrogen (secondary N) is 1. The van der Waals surface area contributed by atoms with E-state index in [4.69, 9.17) is 4.74 Å². The van der Waals surface area contributed by atoms with Crippen LogP contribution in [0.5, 0.6) is 5.75 Å². The topological polar surface area (TPSA) is 44.7 Å². The molecule has 1 unspecified atom stereocenters. The molecule has 0 saturated heterocycles. The third-order valence-corrected chi connectivity index (χ3v) is 4.16. The Kier molecular flexibility index (Phi) is 6.88. The fourth-order valence-electron chi connectivity index (χ4n) is 2.84. The second kappa shape index (κ2) is 8.90. The molecule has 0 saturated carbocycles. The van der Waals surface area contributed by atoms with E-state index in [0.717, 1.165) is 24.2 Å². The summed E-state index contributed by atoms with van der Waals surface area (Å²) in [4.78, 5) is 2.34. The summed E-state index contributed by atoms with van der Waals surface area (Å²) in [5.41, 5.74) is 1.23. The molecule has 4 heteroatoms. The zero-order valence-electron chi connectivity index (χ0n) is 15.2. The molecule has 0 spiro atoms. The molecule has 0 heterocycles. The number of anilines is 1. The van der Waals surface area contributed by atoms with Gasteiger partial charge in [0.25, 0.3) is 0 Å². The Hall–Kier alpha value is -1.78. The number of aliphatic hydroxyl groups is 1. The molecule has 0 aliphatic heterocycles. The minimum atomic E-state index is -0.520. The first-order chi connectivity index (χ1) is 11.6. The lowest BCUT2D eigenvalue weighted by atomic mass is 10.1. The standard InChI is InChI=1S/C20H30N2O2/c1-5-22(6-2)19-11-12-20(18-10-8-7-9-17(18)19)24-14-16(23)13-21-15(3)4/h7-12,15-16,21,23H,5-6,13-14H2,1-4H3. The van der Waals surface area contributed by atoms with Gasteiger partial charge in [0.2, 0.25) is 0 Å². The van der Waals surface area contributed by atoms with Gasteiger partial charge >= 0.3 is 0 Å². The molecule has 0 aromatic heterocycles. The number of fused-ring (bicyclic) bond motifs is 1. The highest BCUT2D eigenvalue weighted by Crippen LogP contribution is 2.33. The SMILES string of the molecule is CCN(CC)c1ccc(OCC(O)CNC(C)C)c2ccccc12. The smallest absolute Gasteiger partial charge is 0.127 e. The van der Waals surface area contributed by atoms with Crippen LogP contribution in [0, 0.1) is 0 Å². The molecule has 2 N–H and O–H groups in total. The number of ether oxygens (including phenoxy) is 1. The van der Waals surface area contributed by atoms with Crippen molar-refractivity contribution in [2.45, 2.75) is 39.8 Å². The van der Waals surface area contributed by atoms with Crippen LogP contribution in [-0.4, -0.2) is 43.5 Å². The van der Waals surface area contributed by atoms with Gasteiger partial charge in [-0.1, -0.05) is 38.1 Å². The van der Waals surface area contributed by atoms with Crippen LogP contribution >= 0.6 is 0 Å². The molecule has 0 radical (unpaired) electrons. The minimum absolute atomic E-state index is 0.286. The van der Waals surface area contributed by atoms with Gasteiger partial charge in [-0.25, -0.2) is 0 Å². The molecule has 2 aromatic carbocycles. The largest absolute Gasteiger partial charge is 0.490 e. The summed E-state index contributed by atoms with van der Waals surface area (Å²) in [6.07, 6.45) is -0.520.